The van der Waals surface area contributed by atoms with Crippen molar-refractivity contribution in [2.75, 3.05) is 0 Å². The predicted octanol–water partition coefficient (Wildman–Crippen LogP) is 6.91. The predicted molar refractivity (Wildman–Crippen MR) is 120 cm³/mol. The number of hydrogen-bond donors (Lipinski definition) is 1. The number of rotatable bonds is 1. The molecule has 158 valence electrons. The van der Waals surface area contributed by atoms with Crippen molar-refractivity contribution in [1.82, 2.24) is 4.98 Å². The summed E-state index contributed by atoms with van der Waals surface area (Å²) in [7, 11) is 0. The van der Waals surface area contributed by atoms with Gasteiger partial charge in [0, 0.05) is 12.4 Å². The number of nitrogens with zero attached hydrogens (tertiary/aromatic N) is 1. The van der Waals surface area contributed by atoms with Gasteiger partial charge in [-0.1, -0.05) is 38.4 Å². The highest BCUT2D eigenvalue weighted by Gasteiger charge is 2.64. The standard InChI is InChI=1S/C26H36ClNO/c1-23(29)11-12-24(2)18(14-23)7-9-26(4)21-6-5-20(17-13-19(27)16-28-15-17)25(21,3)10-8-22(24)26/h5,13,15-16,18,21-22,29H,6-12,14H2,1-4H3/t18?,21-,22-,23-,24+,25-,26+/m1/s1. The summed E-state index contributed by atoms with van der Waals surface area (Å²) in [6.45, 7) is 9.76. The molecule has 0 saturated heterocycles. The SMILES string of the molecule is C[C@@]1(O)CC[C@@]2(C)C(CC[C@]3(C)[C@@H]2CC[C@]2(C)C(c4cncc(Cl)c4)=CC[C@@H]32)C1. The summed E-state index contributed by atoms with van der Waals surface area (Å²) in [5.74, 6) is 2.15. The first-order chi connectivity index (χ1) is 13.6. The summed E-state index contributed by atoms with van der Waals surface area (Å²) < 4.78 is 0. The van der Waals surface area contributed by atoms with Gasteiger partial charge in [0.25, 0.3) is 0 Å². The van der Waals surface area contributed by atoms with Crippen molar-refractivity contribution >= 4 is 17.2 Å². The van der Waals surface area contributed by atoms with Crippen molar-refractivity contribution < 1.29 is 5.11 Å². The second-order valence-corrected chi connectivity index (χ2v) is 12.2. The highest BCUT2D eigenvalue weighted by atomic mass is 35.5. The molecule has 0 bridgehead atoms. The Morgan fingerprint density at radius 2 is 1.76 bits per heavy atom. The van der Waals surface area contributed by atoms with E-state index in [4.69, 9.17) is 11.6 Å². The lowest BCUT2D eigenvalue weighted by molar-refractivity contribution is -0.176. The highest BCUT2D eigenvalue weighted by Crippen LogP contribution is 2.72. The second-order valence-electron chi connectivity index (χ2n) is 11.8. The van der Waals surface area contributed by atoms with Gasteiger partial charge in [-0.15, -0.1) is 0 Å². The zero-order valence-corrected chi connectivity index (χ0v) is 19.2. The van der Waals surface area contributed by atoms with E-state index in [0.717, 1.165) is 23.8 Å². The summed E-state index contributed by atoms with van der Waals surface area (Å²) in [6, 6.07) is 2.10. The third kappa shape index (κ3) is 2.81. The minimum absolute atomic E-state index is 0.223. The summed E-state index contributed by atoms with van der Waals surface area (Å²) in [5.41, 5.74) is 3.24. The first-order valence-electron chi connectivity index (χ1n) is 11.6. The Bertz CT molecular complexity index is 862. The molecule has 5 rings (SSSR count). The van der Waals surface area contributed by atoms with Gasteiger partial charge in [0.15, 0.2) is 0 Å². The van der Waals surface area contributed by atoms with E-state index in [9.17, 15) is 5.11 Å². The zero-order chi connectivity index (χ0) is 20.7. The largest absolute Gasteiger partial charge is 0.390 e. The monoisotopic (exact) mass is 413 g/mol. The molecule has 1 N–H and O–H groups in total. The maximum absolute atomic E-state index is 10.7. The number of aliphatic hydroxyl groups is 1. The molecular weight excluding hydrogens is 378 g/mol. The molecule has 4 aliphatic carbocycles. The molecule has 0 radical (unpaired) electrons. The van der Waals surface area contributed by atoms with Crippen LogP contribution in [-0.4, -0.2) is 15.7 Å². The maximum atomic E-state index is 10.7. The Kier molecular flexibility index (Phi) is 4.38. The van der Waals surface area contributed by atoms with Crippen molar-refractivity contribution in [1.29, 1.82) is 0 Å². The molecule has 1 unspecified atom stereocenters. The fraction of sp³-hybridized carbons (Fsp3) is 0.731. The van der Waals surface area contributed by atoms with Crippen LogP contribution in [0.1, 0.15) is 84.6 Å². The summed E-state index contributed by atoms with van der Waals surface area (Å²) >= 11 is 6.29. The van der Waals surface area contributed by atoms with E-state index in [1.165, 1.54) is 49.7 Å². The van der Waals surface area contributed by atoms with Crippen LogP contribution in [0.2, 0.25) is 5.02 Å². The van der Waals surface area contributed by atoms with Gasteiger partial charge in [0.2, 0.25) is 0 Å². The molecule has 7 atom stereocenters. The molecule has 0 aliphatic heterocycles. The van der Waals surface area contributed by atoms with E-state index >= 15 is 0 Å². The minimum Gasteiger partial charge on any atom is -0.390 e. The summed E-state index contributed by atoms with van der Waals surface area (Å²) in [6.07, 6.45) is 15.7. The number of aromatic nitrogens is 1. The lowest BCUT2D eigenvalue weighted by Gasteiger charge is -2.66. The van der Waals surface area contributed by atoms with Crippen molar-refractivity contribution in [2.45, 2.75) is 84.7 Å². The molecule has 3 fully saturated rings. The van der Waals surface area contributed by atoms with Crippen LogP contribution < -0.4 is 0 Å². The third-order valence-corrected chi connectivity index (χ3v) is 10.4. The Morgan fingerprint density at radius 1 is 0.966 bits per heavy atom. The van der Waals surface area contributed by atoms with Crippen LogP contribution in [0.25, 0.3) is 5.57 Å². The van der Waals surface area contributed by atoms with Gasteiger partial charge >= 0.3 is 0 Å². The smallest absolute Gasteiger partial charge is 0.0622 e. The number of allylic oxidation sites excluding steroid dienone is 2. The molecule has 3 heteroatoms. The number of hydrogen-bond acceptors (Lipinski definition) is 2. The molecule has 1 heterocycles. The van der Waals surface area contributed by atoms with Crippen molar-refractivity contribution in [3.8, 4) is 0 Å². The lowest BCUT2D eigenvalue weighted by Crippen LogP contribution is -2.59. The van der Waals surface area contributed by atoms with Gasteiger partial charge < -0.3 is 5.11 Å². The van der Waals surface area contributed by atoms with Gasteiger partial charge in [0.05, 0.1) is 10.6 Å². The average molecular weight is 414 g/mol. The number of halogens is 1. The fourth-order valence-electron chi connectivity index (χ4n) is 8.66. The van der Waals surface area contributed by atoms with Crippen molar-refractivity contribution in [3.63, 3.8) is 0 Å². The zero-order valence-electron chi connectivity index (χ0n) is 18.5. The summed E-state index contributed by atoms with van der Waals surface area (Å²) in [4.78, 5) is 4.38. The Labute approximate surface area is 181 Å². The second kappa shape index (κ2) is 6.33. The molecule has 29 heavy (non-hydrogen) atoms. The molecule has 0 amide bonds. The topological polar surface area (TPSA) is 33.1 Å². The molecule has 1 aromatic rings. The Morgan fingerprint density at radius 3 is 2.52 bits per heavy atom. The number of fused-ring (bicyclic) bond motifs is 5. The molecule has 3 saturated carbocycles. The van der Waals surface area contributed by atoms with Crippen LogP contribution in [-0.2, 0) is 0 Å². The molecule has 1 aromatic heterocycles. The van der Waals surface area contributed by atoms with Crippen LogP contribution in [0.15, 0.2) is 24.5 Å². The average Bonchev–Trinajstić information content (AvgIpc) is 3.01. The van der Waals surface area contributed by atoms with Gasteiger partial charge in [-0.05, 0) is 109 Å². The Hall–Kier alpha value is -0.860. The van der Waals surface area contributed by atoms with E-state index in [0.29, 0.717) is 22.7 Å². The van der Waals surface area contributed by atoms with Crippen molar-refractivity contribution in [3.05, 3.63) is 35.1 Å². The van der Waals surface area contributed by atoms with E-state index in [2.05, 4.69) is 44.8 Å². The maximum Gasteiger partial charge on any atom is 0.0622 e. The highest BCUT2D eigenvalue weighted by molar-refractivity contribution is 6.30. The minimum atomic E-state index is -0.456. The van der Waals surface area contributed by atoms with Gasteiger partial charge in [-0.25, -0.2) is 0 Å². The van der Waals surface area contributed by atoms with Gasteiger partial charge in [-0.2, -0.15) is 0 Å². The van der Waals surface area contributed by atoms with E-state index < -0.39 is 5.60 Å². The third-order valence-electron chi connectivity index (χ3n) is 10.2. The molecule has 0 spiro atoms. The molecule has 4 aliphatic rings. The van der Waals surface area contributed by atoms with E-state index in [1.807, 2.05) is 6.20 Å². The van der Waals surface area contributed by atoms with Crippen molar-refractivity contribution in [2.24, 2.45) is 34.0 Å². The molecule has 2 nitrogen and oxygen atoms in total. The quantitative estimate of drug-likeness (QED) is 0.542. The number of pyridine rings is 1. The van der Waals surface area contributed by atoms with E-state index in [-0.39, 0.29) is 5.41 Å². The first-order valence-corrected chi connectivity index (χ1v) is 12.0. The first kappa shape index (κ1) is 20.1. The summed E-state index contributed by atoms with van der Waals surface area (Å²) in [5, 5.41) is 11.5. The van der Waals surface area contributed by atoms with Crippen LogP contribution in [0.5, 0.6) is 0 Å². The Balaban J connectivity index is 1.48. The van der Waals surface area contributed by atoms with E-state index in [1.54, 1.807) is 6.20 Å². The fourth-order valence-corrected chi connectivity index (χ4v) is 8.84. The van der Waals surface area contributed by atoms with Gasteiger partial charge in [0.1, 0.15) is 0 Å². The molecule has 0 aromatic carbocycles. The normalized spacial score (nSPS) is 49.0. The van der Waals surface area contributed by atoms with Gasteiger partial charge in [-0.3, -0.25) is 4.98 Å². The van der Waals surface area contributed by atoms with Crippen LogP contribution in [0.3, 0.4) is 0 Å². The van der Waals surface area contributed by atoms with Crippen LogP contribution in [0, 0.1) is 34.0 Å². The molecular formula is C26H36ClNO. The van der Waals surface area contributed by atoms with Crippen LogP contribution >= 0.6 is 11.6 Å². The lowest BCUT2D eigenvalue weighted by atomic mass is 9.39. The van der Waals surface area contributed by atoms with Crippen LogP contribution in [0.4, 0.5) is 0 Å².